The van der Waals surface area contributed by atoms with Crippen molar-refractivity contribution in [2.45, 2.75) is 26.3 Å². The summed E-state index contributed by atoms with van der Waals surface area (Å²) >= 11 is 0. The third-order valence-corrected chi connectivity index (χ3v) is 2.11. The van der Waals surface area contributed by atoms with Gasteiger partial charge in [-0.3, -0.25) is 9.59 Å². The van der Waals surface area contributed by atoms with Gasteiger partial charge in [0.25, 0.3) is 0 Å². The van der Waals surface area contributed by atoms with Gasteiger partial charge in [0.15, 0.2) is 0 Å². The van der Waals surface area contributed by atoms with Gasteiger partial charge in [0.2, 0.25) is 11.8 Å². The second-order valence-corrected chi connectivity index (χ2v) is 4.30. The van der Waals surface area contributed by atoms with E-state index in [9.17, 15) is 9.59 Å². The minimum Gasteiger partial charge on any atom is -0.383 e. The predicted octanol–water partition coefficient (Wildman–Crippen LogP) is -0.761. The maximum absolute atomic E-state index is 11.5. The molecular formula is C11H23N3O3. The highest BCUT2D eigenvalue weighted by Gasteiger charge is 2.15. The number of amides is 2. The van der Waals surface area contributed by atoms with Gasteiger partial charge in [0.05, 0.1) is 19.2 Å². The number of ether oxygens (including phenoxy) is 1. The van der Waals surface area contributed by atoms with Gasteiger partial charge in [-0.1, -0.05) is 13.8 Å². The summed E-state index contributed by atoms with van der Waals surface area (Å²) in [5.41, 5.74) is 5.66. The van der Waals surface area contributed by atoms with Crippen molar-refractivity contribution in [3.05, 3.63) is 0 Å². The smallest absolute Gasteiger partial charge is 0.239 e. The van der Waals surface area contributed by atoms with E-state index in [2.05, 4.69) is 10.6 Å². The van der Waals surface area contributed by atoms with E-state index in [0.29, 0.717) is 25.5 Å². The molecule has 4 N–H and O–H groups in total. The van der Waals surface area contributed by atoms with Crippen LogP contribution in [0.25, 0.3) is 0 Å². The van der Waals surface area contributed by atoms with Crippen molar-refractivity contribution in [2.75, 3.05) is 26.8 Å². The molecule has 6 heteroatoms. The molecule has 0 aliphatic carbocycles. The van der Waals surface area contributed by atoms with Gasteiger partial charge >= 0.3 is 0 Å². The lowest BCUT2D eigenvalue weighted by atomic mass is 10.0. The maximum atomic E-state index is 11.5. The molecule has 0 aliphatic rings. The Bertz CT molecular complexity index is 244. The maximum Gasteiger partial charge on any atom is 0.239 e. The Kier molecular flexibility index (Phi) is 8.35. The third-order valence-electron chi connectivity index (χ3n) is 2.11. The Balaban J connectivity index is 3.71. The van der Waals surface area contributed by atoms with E-state index in [1.165, 1.54) is 0 Å². The second-order valence-electron chi connectivity index (χ2n) is 4.30. The van der Waals surface area contributed by atoms with Crippen LogP contribution in [-0.2, 0) is 14.3 Å². The largest absolute Gasteiger partial charge is 0.383 e. The number of nitrogens with one attached hydrogen (secondary N) is 2. The summed E-state index contributed by atoms with van der Waals surface area (Å²) in [6.07, 6.45) is 0.608. The van der Waals surface area contributed by atoms with Gasteiger partial charge < -0.3 is 21.1 Å². The van der Waals surface area contributed by atoms with E-state index in [4.69, 9.17) is 10.5 Å². The Labute approximate surface area is 102 Å². The Morgan fingerprint density at radius 1 is 1.29 bits per heavy atom. The summed E-state index contributed by atoms with van der Waals surface area (Å²) in [7, 11) is 1.55. The molecule has 0 heterocycles. The van der Waals surface area contributed by atoms with E-state index in [1.54, 1.807) is 7.11 Å². The molecule has 0 aromatic heterocycles. The van der Waals surface area contributed by atoms with Gasteiger partial charge in [-0.05, 0) is 12.3 Å². The molecule has 0 aliphatic heterocycles. The fraction of sp³-hybridized carbons (Fsp3) is 0.818. The molecule has 0 spiro atoms. The SMILES string of the molecule is COCCNC(=O)CNC(=O)[C@@H](N)CC(C)C. The molecule has 0 fully saturated rings. The highest BCUT2D eigenvalue weighted by Crippen LogP contribution is 2.01. The first-order valence-electron chi connectivity index (χ1n) is 5.76. The normalized spacial score (nSPS) is 12.3. The number of carbonyl (C=O) groups is 2. The lowest BCUT2D eigenvalue weighted by molar-refractivity contribution is -0.127. The van der Waals surface area contributed by atoms with Crippen molar-refractivity contribution in [2.24, 2.45) is 11.7 Å². The summed E-state index contributed by atoms with van der Waals surface area (Å²) in [5.74, 6) is -0.181. The number of hydrogen-bond acceptors (Lipinski definition) is 4. The van der Waals surface area contributed by atoms with Gasteiger partial charge in [-0.15, -0.1) is 0 Å². The molecule has 0 saturated carbocycles. The summed E-state index contributed by atoms with van der Waals surface area (Å²) in [6.45, 7) is 4.82. The lowest BCUT2D eigenvalue weighted by Crippen LogP contribution is -2.45. The highest BCUT2D eigenvalue weighted by atomic mass is 16.5. The van der Waals surface area contributed by atoms with Crippen molar-refractivity contribution in [1.82, 2.24) is 10.6 Å². The molecule has 0 radical (unpaired) electrons. The van der Waals surface area contributed by atoms with Crippen LogP contribution in [0.4, 0.5) is 0 Å². The average molecular weight is 245 g/mol. The molecule has 0 bridgehead atoms. The first-order chi connectivity index (χ1) is 7.97. The van der Waals surface area contributed by atoms with Crippen molar-refractivity contribution in [3.8, 4) is 0 Å². The summed E-state index contributed by atoms with van der Waals surface area (Å²) in [6, 6.07) is -0.554. The first-order valence-corrected chi connectivity index (χ1v) is 5.76. The van der Waals surface area contributed by atoms with Gasteiger partial charge in [0.1, 0.15) is 0 Å². The highest BCUT2D eigenvalue weighted by molar-refractivity contribution is 5.87. The van der Waals surface area contributed by atoms with Crippen LogP contribution >= 0.6 is 0 Å². The zero-order chi connectivity index (χ0) is 13.3. The molecule has 0 unspecified atom stereocenters. The van der Waals surface area contributed by atoms with E-state index >= 15 is 0 Å². The van der Waals surface area contributed by atoms with E-state index in [0.717, 1.165) is 0 Å². The van der Waals surface area contributed by atoms with Crippen LogP contribution in [0.3, 0.4) is 0 Å². The van der Waals surface area contributed by atoms with Crippen molar-refractivity contribution in [1.29, 1.82) is 0 Å². The Hall–Kier alpha value is -1.14. The Morgan fingerprint density at radius 3 is 2.47 bits per heavy atom. The Morgan fingerprint density at radius 2 is 1.94 bits per heavy atom. The topological polar surface area (TPSA) is 93.5 Å². The number of carbonyl (C=O) groups excluding carboxylic acids is 2. The van der Waals surface area contributed by atoms with Crippen molar-refractivity contribution in [3.63, 3.8) is 0 Å². The second kappa shape index (κ2) is 8.95. The summed E-state index contributed by atoms with van der Waals surface area (Å²) in [5, 5.41) is 5.10. The summed E-state index contributed by atoms with van der Waals surface area (Å²) in [4.78, 5) is 22.7. The van der Waals surface area contributed by atoms with Crippen LogP contribution < -0.4 is 16.4 Å². The van der Waals surface area contributed by atoms with E-state index in [1.807, 2.05) is 13.8 Å². The van der Waals surface area contributed by atoms with Crippen LogP contribution in [0.15, 0.2) is 0 Å². The number of methoxy groups -OCH3 is 1. The van der Waals surface area contributed by atoms with E-state index in [-0.39, 0.29) is 18.4 Å². The number of nitrogens with two attached hydrogens (primary N) is 1. The molecule has 1 atom stereocenters. The molecule has 0 aromatic rings. The quantitative estimate of drug-likeness (QED) is 0.490. The van der Waals surface area contributed by atoms with Gasteiger partial charge in [-0.2, -0.15) is 0 Å². The number of hydrogen-bond donors (Lipinski definition) is 3. The molecule has 17 heavy (non-hydrogen) atoms. The first kappa shape index (κ1) is 15.9. The minimum atomic E-state index is -0.554. The molecule has 100 valence electrons. The molecule has 0 rings (SSSR count). The zero-order valence-electron chi connectivity index (χ0n) is 10.8. The third kappa shape index (κ3) is 8.65. The minimum absolute atomic E-state index is 0.0473. The standard InChI is InChI=1S/C11H23N3O3/c1-8(2)6-9(12)11(16)14-7-10(15)13-4-5-17-3/h8-9H,4-7,12H2,1-3H3,(H,13,15)(H,14,16)/t9-/m0/s1. The van der Waals surface area contributed by atoms with Crippen LogP contribution in [0.5, 0.6) is 0 Å². The predicted molar refractivity (Wildman–Crippen MR) is 65.3 cm³/mol. The van der Waals surface area contributed by atoms with Crippen LogP contribution in [0, 0.1) is 5.92 Å². The monoisotopic (exact) mass is 245 g/mol. The van der Waals surface area contributed by atoms with Gasteiger partial charge in [0, 0.05) is 13.7 Å². The molecule has 6 nitrogen and oxygen atoms in total. The molecule has 2 amide bonds. The fourth-order valence-electron chi connectivity index (χ4n) is 1.27. The fourth-order valence-corrected chi connectivity index (χ4v) is 1.27. The number of rotatable bonds is 8. The molecule has 0 aromatic carbocycles. The van der Waals surface area contributed by atoms with E-state index < -0.39 is 6.04 Å². The molecule has 0 saturated heterocycles. The summed E-state index contributed by atoms with van der Waals surface area (Å²) < 4.78 is 4.78. The van der Waals surface area contributed by atoms with Crippen LogP contribution in [0.2, 0.25) is 0 Å². The van der Waals surface area contributed by atoms with Crippen LogP contribution in [-0.4, -0.2) is 44.7 Å². The van der Waals surface area contributed by atoms with Gasteiger partial charge in [-0.25, -0.2) is 0 Å². The lowest BCUT2D eigenvalue weighted by Gasteiger charge is -2.13. The van der Waals surface area contributed by atoms with Crippen molar-refractivity contribution >= 4 is 11.8 Å². The van der Waals surface area contributed by atoms with Crippen molar-refractivity contribution < 1.29 is 14.3 Å². The molecular weight excluding hydrogens is 222 g/mol. The van der Waals surface area contributed by atoms with Crippen LogP contribution in [0.1, 0.15) is 20.3 Å². The average Bonchev–Trinajstić information content (AvgIpc) is 2.25. The zero-order valence-corrected chi connectivity index (χ0v) is 10.8.